The van der Waals surface area contributed by atoms with Gasteiger partial charge >= 0.3 is 0 Å². The lowest BCUT2D eigenvalue weighted by atomic mass is 9.98. The van der Waals surface area contributed by atoms with Gasteiger partial charge in [-0.15, -0.1) is 0 Å². The Bertz CT molecular complexity index is 1030. The van der Waals surface area contributed by atoms with Gasteiger partial charge in [0.15, 0.2) is 0 Å². The molecule has 1 unspecified atom stereocenters. The van der Waals surface area contributed by atoms with Crippen molar-refractivity contribution in [3.05, 3.63) is 62.6 Å². The summed E-state index contributed by atoms with van der Waals surface area (Å²) < 4.78 is 5.20. The molecule has 1 heterocycles. The lowest BCUT2D eigenvalue weighted by molar-refractivity contribution is -0.120. The first kappa shape index (κ1) is 19.1. The summed E-state index contributed by atoms with van der Waals surface area (Å²) in [6.45, 7) is 4.38. The van der Waals surface area contributed by atoms with Crippen molar-refractivity contribution in [3.63, 3.8) is 0 Å². The molecule has 27 heavy (non-hydrogen) atoms. The van der Waals surface area contributed by atoms with Crippen molar-refractivity contribution in [2.75, 3.05) is 13.7 Å². The Kier molecular flexibility index (Phi) is 5.61. The van der Waals surface area contributed by atoms with Gasteiger partial charge in [-0.05, 0) is 66.9 Å². The molecule has 0 bridgehead atoms. The van der Waals surface area contributed by atoms with Crippen LogP contribution in [-0.4, -0.2) is 25.5 Å². The molecule has 1 aliphatic rings. The number of methoxy groups -OCH3 is 1. The molecule has 0 fully saturated rings. The molecule has 1 atom stereocenters. The Morgan fingerprint density at radius 3 is 2.70 bits per heavy atom. The average Bonchev–Trinajstić information content (AvgIpc) is 2.63. The molecule has 1 aliphatic heterocycles. The van der Waals surface area contributed by atoms with Crippen LogP contribution in [0.3, 0.4) is 0 Å². The van der Waals surface area contributed by atoms with Crippen molar-refractivity contribution in [1.29, 1.82) is 0 Å². The molecule has 0 radical (unpaired) electrons. The average molecular weight is 385 g/mol. The van der Waals surface area contributed by atoms with Gasteiger partial charge in [0.1, 0.15) is 5.75 Å². The number of nitrogens with zero attached hydrogens (tertiary/aromatic N) is 1. The predicted octanol–water partition coefficient (Wildman–Crippen LogP) is 2.34. The van der Waals surface area contributed by atoms with Crippen LogP contribution in [0.15, 0.2) is 35.3 Å². The third kappa shape index (κ3) is 4.19. The van der Waals surface area contributed by atoms with Crippen LogP contribution in [0.2, 0.25) is 5.02 Å². The maximum absolute atomic E-state index is 12.4. The third-order valence-corrected chi connectivity index (χ3v) is 4.95. The zero-order valence-electron chi connectivity index (χ0n) is 15.5. The number of hydrogen-bond acceptors (Lipinski definition) is 3. The minimum atomic E-state index is -0.346. The molecular weight excluding hydrogens is 364 g/mol. The second kappa shape index (κ2) is 7.92. The van der Waals surface area contributed by atoms with Gasteiger partial charge in [0.05, 0.1) is 23.9 Å². The molecular formula is C21H21ClN2O3. The minimum absolute atomic E-state index is 0.180. The van der Waals surface area contributed by atoms with Crippen LogP contribution in [-0.2, 0) is 4.79 Å². The Hall–Kier alpha value is -2.66. The molecule has 3 rings (SSSR count). The minimum Gasteiger partial charge on any atom is -0.496 e. The Labute approximate surface area is 162 Å². The largest absolute Gasteiger partial charge is 0.496 e. The summed E-state index contributed by atoms with van der Waals surface area (Å²) in [5.41, 5.74) is 2.64. The van der Waals surface area contributed by atoms with E-state index in [4.69, 9.17) is 16.3 Å². The first-order valence-electron chi connectivity index (χ1n) is 8.72. The van der Waals surface area contributed by atoms with Gasteiger partial charge in [-0.1, -0.05) is 17.7 Å². The molecule has 0 saturated carbocycles. The van der Waals surface area contributed by atoms with Crippen LogP contribution in [0.4, 0.5) is 0 Å². The summed E-state index contributed by atoms with van der Waals surface area (Å²) >= 11 is 5.97. The number of halogens is 1. The number of carbonyl (C=O) groups excluding carboxylic acids is 2. The highest BCUT2D eigenvalue weighted by atomic mass is 35.5. The maximum atomic E-state index is 12.4. The highest BCUT2D eigenvalue weighted by Gasteiger charge is 2.19. The molecule has 2 aromatic carbocycles. The molecule has 0 aromatic heterocycles. The smallest absolute Gasteiger partial charge is 0.255 e. The van der Waals surface area contributed by atoms with Gasteiger partial charge in [0, 0.05) is 11.6 Å². The fourth-order valence-electron chi connectivity index (χ4n) is 3.04. The van der Waals surface area contributed by atoms with Crippen LogP contribution in [0, 0.1) is 19.8 Å². The van der Waals surface area contributed by atoms with Gasteiger partial charge in [0.2, 0.25) is 0 Å². The monoisotopic (exact) mass is 384 g/mol. The van der Waals surface area contributed by atoms with E-state index in [2.05, 4.69) is 10.3 Å². The standard InChI is InChI=1S/C21H21ClN2O3/c1-12-8-15-10-14(20(25)24-18(15)9-13(12)2)6-7-23-21(26)17-11-16(22)4-5-19(17)27-3/h4-5,8-11,14H,6-7H2,1-3H3,(H,23,26). The third-order valence-electron chi connectivity index (χ3n) is 4.72. The number of rotatable bonds is 5. The Morgan fingerprint density at radius 1 is 1.22 bits per heavy atom. The van der Waals surface area contributed by atoms with Crippen LogP contribution >= 0.6 is 11.6 Å². The van der Waals surface area contributed by atoms with Gasteiger partial charge in [-0.25, -0.2) is 4.99 Å². The van der Waals surface area contributed by atoms with Gasteiger partial charge < -0.3 is 10.1 Å². The molecule has 0 spiro atoms. The van der Waals surface area contributed by atoms with Crippen LogP contribution in [0.25, 0.3) is 6.08 Å². The van der Waals surface area contributed by atoms with Crippen LogP contribution in [0.1, 0.15) is 27.9 Å². The van der Waals surface area contributed by atoms with Gasteiger partial charge in [-0.3, -0.25) is 9.59 Å². The van der Waals surface area contributed by atoms with E-state index in [9.17, 15) is 9.59 Å². The molecule has 2 amide bonds. The first-order valence-corrected chi connectivity index (χ1v) is 9.10. The first-order chi connectivity index (χ1) is 12.9. The number of amides is 2. The van der Waals surface area contributed by atoms with E-state index in [0.717, 1.165) is 16.3 Å². The number of ether oxygens (including phenoxy) is 1. The zero-order chi connectivity index (χ0) is 19.6. The quantitative estimate of drug-likeness (QED) is 0.860. The summed E-state index contributed by atoms with van der Waals surface area (Å²) in [5.74, 6) is -0.366. The van der Waals surface area contributed by atoms with Crippen molar-refractivity contribution in [2.45, 2.75) is 20.3 Å². The lowest BCUT2D eigenvalue weighted by Gasteiger charge is -2.14. The van der Waals surface area contributed by atoms with E-state index < -0.39 is 0 Å². The van der Waals surface area contributed by atoms with Crippen molar-refractivity contribution >= 4 is 29.5 Å². The number of nitrogens with one attached hydrogen (secondary N) is 1. The van der Waals surface area contributed by atoms with Gasteiger partial charge in [-0.2, -0.15) is 0 Å². The number of carbonyl (C=O) groups is 2. The van der Waals surface area contributed by atoms with E-state index in [1.807, 2.05) is 32.1 Å². The molecule has 6 heteroatoms. The summed E-state index contributed by atoms with van der Waals surface area (Å²) in [6.07, 6.45) is 2.41. The van der Waals surface area contributed by atoms with Crippen molar-refractivity contribution in [2.24, 2.45) is 10.9 Å². The number of hydrogen-bond donors (Lipinski definition) is 1. The number of benzene rings is 2. The van der Waals surface area contributed by atoms with Crippen LogP contribution < -0.4 is 20.6 Å². The number of fused-ring (bicyclic) bond motifs is 1. The van der Waals surface area contributed by atoms with E-state index in [-0.39, 0.29) is 17.7 Å². The summed E-state index contributed by atoms with van der Waals surface area (Å²) in [6, 6.07) is 8.85. The second-order valence-corrected chi connectivity index (χ2v) is 7.04. The van der Waals surface area contributed by atoms with Crippen molar-refractivity contribution in [1.82, 2.24) is 5.32 Å². The lowest BCUT2D eigenvalue weighted by Crippen LogP contribution is -2.36. The molecule has 2 aromatic rings. The van der Waals surface area contributed by atoms with Crippen LogP contribution in [0.5, 0.6) is 5.75 Å². The normalized spacial score (nSPS) is 15.4. The fourth-order valence-corrected chi connectivity index (χ4v) is 3.22. The van der Waals surface area contributed by atoms with Crippen molar-refractivity contribution < 1.29 is 14.3 Å². The van der Waals surface area contributed by atoms with E-state index in [1.165, 1.54) is 7.11 Å². The SMILES string of the molecule is COc1ccc(Cl)cc1C(=O)NCCC1C=c2cc(C)c(C)cc2=NC1=O. The summed E-state index contributed by atoms with van der Waals surface area (Å²) in [4.78, 5) is 28.9. The highest BCUT2D eigenvalue weighted by molar-refractivity contribution is 6.31. The van der Waals surface area contributed by atoms with E-state index in [0.29, 0.717) is 34.7 Å². The molecule has 0 saturated heterocycles. The molecule has 0 aliphatic carbocycles. The topological polar surface area (TPSA) is 67.8 Å². The van der Waals surface area contributed by atoms with Crippen molar-refractivity contribution in [3.8, 4) is 5.75 Å². The molecule has 5 nitrogen and oxygen atoms in total. The van der Waals surface area contributed by atoms with Gasteiger partial charge in [0.25, 0.3) is 11.8 Å². The van der Waals surface area contributed by atoms with E-state index in [1.54, 1.807) is 18.2 Å². The summed E-state index contributed by atoms with van der Waals surface area (Å²) in [7, 11) is 1.50. The van der Waals surface area contributed by atoms with E-state index >= 15 is 0 Å². The second-order valence-electron chi connectivity index (χ2n) is 6.61. The predicted molar refractivity (Wildman–Crippen MR) is 105 cm³/mol. The molecule has 1 N–H and O–H groups in total. The zero-order valence-corrected chi connectivity index (χ0v) is 16.3. The number of aryl methyl sites for hydroxylation is 2. The summed E-state index contributed by atoms with van der Waals surface area (Å²) in [5, 5.41) is 4.96. The Balaban J connectivity index is 1.69. The fraction of sp³-hybridized carbons (Fsp3) is 0.286. The maximum Gasteiger partial charge on any atom is 0.255 e. The molecule has 140 valence electrons. The highest BCUT2D eigenvalue weighted by Crippen LogP contribution is 2.22. The Morgan fingerprint density at radius 2 is 1.96 bits per heavy atom.